The van der Waals surface area contributed by atoms with Crippen LogP contribution in [0, 0.1) is 0 Å². The highest BCUT2D eigenvalue weighted by atomic mass is 32.1. The fraction of sp³-hybridized carbons (Fsp3) is 0.667. The number of hydrogen-bond donors (Lipinski definition) is 1. The molecule has 0 aromatic carbocycles. The summed E-state index contributed by atoms with van der Waals surface area (Å²) in [6.07, 6.45) is 0.217. The predicted octanol–water partition coefficient (Wildman–Crippen LogP) is 1.17. The quantitative estimate of drug-likeness (QED) is 0.414. The third-order valence-corrected chi connectivity index (χ3v) is 1.08. The van der Waals surface area contributed by atoms with Gasteiger partial charge in [0, 0.05) is 0 Å². The molecule has 0 aromatic heterocycles. The van der Waals surface area contributed by atoms with Gasteiger partial charge in [-0.3, -0.25) is 4.79 Å². The summed E-state index contributed by atoms with van der Waals surface area (Å²) < 4.78 is 9.54. The predicted molar refractivity (Wildman–Crippen MR) is 48.8 cm³/mol. The SMILES string of the molecule is CCOC(=O)CCOC(=S)S. The topological polar surface area (TPSA) is 35.5 Å². The first kappa shape index (κ1) is 10.7. The van der Waals surface area contributed by atoms with E-state index in [2.05, 4.69) is 29.6 Å². The molecule has 0 saturated carbocycles. The van der Waals surface area contributed by atoms with E-state index in [-0.39, 0.29) is 23.4 Å². The number of rotatable bonds is 4. The Labute approximate surface area is 76.5 Å². The lowest BCUT2D eigenvalue weighted by atomic mass is 10.5. The van der Waals surface area contributed by atoms with Gasteiger partial charge < -0.3 is 9.47 Å². The Hall–Kier alpha value is -0.290. The molecule has 0 atom stereocenters. The highest BCUT2D eigenvalue weighted by Crippen LogP contribution is 1.91. The number of ether oxygens (including phenoxy) is 2. The van der Waals surface area contributed by atoms with Crippen molar-refractivity contribution in [2.75, 3.05) is 13.2 Å². The maximum atomic E-state index is 10.7. The highest BCUT2D eigenvalue weighted by molar-refractivity contribution is 8.10. The van der Waals surface area contributed by atoms with Gasteiger partial charge in [-0.15, -0.1) is 0 Å². The molecule has 0 aliphatic heterocycles. The van der Waals surface area contributed by atoms with Crippen molar-refractivity contribution in [3.63, 3.8) is 0 Å². The first-order chi connectivity index (χ1) is 5.16. The van der Waals surface area contributed by atoms with Crippen molar-refractivity contribution < 1.29 is 14.3 Å². The van der Waals surface area contributed by atoms with E-state index in [0.717, 1.165) is 0 Å². The summed E-state index contributed by atoms with van der Waals surface area (Å²) in [6, 6.07) is 0. The minimum absolute atomic E-state index is 0.147. The number of thiol groups is 1. The first-order valence-electron chi connectivity index (χ1n) is 3.18. The second kappa shape index (κ2) is 6.42. The maximum Gasteiger partial charge on any atom is 0.309 e. The maximum absolute atomic E-state index is 10.7. The van der Waals surface area contributed by atoms with Gasteiger partial charge in [-0.2, -0.15) is 0 Å². The molecule has 0 aliphatic carbocycles. The van der Waals surface area contributed by atoms with E-state index in [4.69, 9.17) is 4.74 Å². The van der Waals surface area contributed by atoms with Crippen LogP contribution < -0.4 is 0 Å². The van der Waals surface area contributed by atoms with Gasteiger partial charge in [0.05, 0.1) is 13.0 Å². The molecule has 0 N–H and O–H groups in total. The fourth-order valence-electron chi connectivity index (χ4n) is 0.455. The van der Waals surface area contributed by atoms with E-state index in [9.17, 15) is 4.79 Å². The van der Waals surface area contributed by atoms with E-state index in [0.29, 0.717) is 6.61 Å². The third kappa shape index (κ3) is 7.61. The van der Waals surface area contributed by atoms with Gasteiger partial charge in [0.25, 0.3) is 0 Å². The lowest BCUT2D eigenvalue weighted by Gasteiger charge is -2.02. The third-order valence-electron chi connectivity index (χ3n) is 0.837. The molecule has 0 heterocycles. The average molecular weight is 194 g/mol. The van der Waals surface area contributed by atoms with Gasteiger partial charge in [0.15, 0.2) is 0 Å². The molecule has 0 radical (unpaired) electrons. The van der Waals surface area contributed by atoms with Crippen LogP contribution in [0.4, 0.5) is 0 Å². The highest BCUT2D eigenvalue weighted by Gasteiger charge is 2.00. The van der Waals surface area contributed by atoms with Crippen LogP contribution in [-0.4, -0.2) is 23.6 Å². The van der Waals surface area contributed by atoms with Crippen LogP contribution in [0.5, 0.6) is 0 Å². The number of esters is 1. The Bertz CT molecular complexity index is 147. The Morgan fingerprint density at radius 3 is 2.64 bits per heavy atom. The zero-order chi connectivity index (χ0) is 8.69. The van der Waals surface area contributed by atoms with Crippen LogP contribution in [0.1, 0.15) is 13.3 Å². The molecule has 5 heteroatoms. The second-order valence-electron chi connectivity index (χ2n) is 1.67. The molecule has 0 bridgehead atoms. The average Bonchev–Trinajstić information content (AvgIpc) is 1.87. The van der Waals surface area contributed by atoms with Crippen molar-refractivity contribution >= 4 is 35.2 Å². The zero-order valence-electron chi connectivity index (χ0n) is 6.20. The largest absolute Gasteiger partial charge is 0.478 e. The summed E-state index contributed by atoms with van der Waals surface area (Å²) in [5.74, 6) is -0.280. The van der Waals surface area contributed by atoms with Gasteiger partial charge in [-0.25, -0.2) is 0 Å². The van der Waals surface area contributed by atoms with Crippen molar-refractivity contribution in [3.8, 4) is 0 Å². The lowest BCUT2D eigenvalue weighted by Crippen LogP contribution is -2.08. The van der Waals surface area contributed by atoms with Crippen LogP contribution >= 0.6 is 24.8 Å². The summed E-state index contributed by atoms with van der Waals surface area (Å²) in [4.78, 5) is 10.7. The zero-order valence-corrected chi connectivity index (χ0v) is 7.91. The summed E-state index contributed by atoms with van der Waals surface area (Å²) in [6.45, 7) is 2.38. The number of thiocarbonyl (C=S) groups is 1. The molecular weight excluding hydrogens is 184 g/mol. The molecule has 0 spiro atoms. The van der Waals surface area contributed by atoms with Crippen LogP contribution in [0.25, 0.3) is 0 Å². The molecule has 3 nitrogen and oxygen atoms in total. The molecule has 0 rings (SSSR count). The smallest absolute Gasteiger partial charge is 0.309 e. The molecule has 64 valence electrons. The Balaban J connectivity index is 3.24. The van der Waals surface area contributed by atoms with Crippen molar-refractivity contribution in [2.24, 2.45) is 0 Å². The number of hydrogen-bond acceptors (Lipinski definition) is 4. The van der Waals surface area contributed by atoms with Gasteiger partial charge in [-0.1, -0.05) is 12.6 Å². The molecular formula is C6H10O3S2. The lowest BCUT2D eigenvalue weighted by molar-refractivity contribution is -0.143. The van der Waals surface area contributed by atoms with Crippen molar-refractivity contribution in [2.45, 2.75) is 13.3 Å². The van der Waals surface area contributed by atoms with Gasteiger partial charge >= 0.3 is 5.97 Å². The molecule has 0 aliphatic rings. The van der Waals surface area contributed by atoms with Crippen LogP contribution in [-0.2, 0) is 14.3 Å². The van der Waals surface area contributed by atoms with E-state index >= 15 is 0 Å². The molecule has 0 aromatic rings. The molecule has 0 saturated heterocycles. The minimum atomic E-state index is -0.280. The monoisotopic (exact) mass is 194 g/mol. The van der Waals surface area contributed by atoms with E-state index in [1.54, 1.807) is 6.92 Å². The summed E-state index contributed by atoms with van der Waals surface area (Å²) in [5.41, 5.74) is 0. The van der Waals surface area contributed by atoms with Gasteiger partial charge in [0.1, 0.15) is 6.61 Å². The fourth-order valence-corrected chi connectivity index (χ4v) is 0.629. The summed E-state index contributed by atoms with van der Waals surface area (Å²) >= 11 is 8.21. The van der Waals surface area contributed by atoms with Crippen LogP contribution in [0.2, 0.25) is 0 Å². The van der Waals surface area contributed by atoms with Crippen molar-refractivity contribution in [1.29, 1.82) is 0 Å². The molecule has 0 amide bonds. The number of carbonyl (C=O) groups is 1. The van der Waals surface area contributed by atoms with E-state index in [1.165, 1.54) is 0 Å². The Morgan fingerprint density at radius 2 is 2.18 bits per heavy atom. The van der Waals surface area contributed by atoms with Crippen molar-refractivity contribution in [1.82, 2.24) is 0 Å². The van der Waals surface area contributed by atoms with Crippen LogP contribution in [0.3, 0.4) is 0 Å². The Kier molecular flexibility index (Phi) is 6.25. The second-order valence-corrected chi connectivity index (χ2v) is 2.75. The summed E-state index contributed by atoms with van der Waals surface area (Å²) in [7, 11) is 0. The summed E-state index contributed by atoms with van der Waals surface area (Å²) in [5, 5.41) is 0. The van der Waals surface area contributed by atoms with Gasteiger partial charge in [-0.05, 0) is 19.1 Å². The first-order valence-corrected chi connectivity index (χ1v) is 4.03. The number of carbonyl (C=O) groups excluding carboxylic acids is 1. The van der Waals surface area contributed by atoms with E-state index in [1.807, 2.05) is 0 Å². The van der Waals surface area contributed by atoms with Crippen molar-refractivity contribution in [3.05, 3.63) is 0 Å². The minimum Gasteiger partial charge on any atom is -0.478 e. The van der Waals surface area contributed by atoms with Gasteiger partial charge in [0.2, 0.25) is 4.38 Å². The Morgan fingerprint density at radius 1 is 1.55 bits per heavy atom. The molecule has 11 heavy (non-hydrogen) atoms. The molecule has 0 fully saturated rings. The van der Waals surface area contributed by atoms with E-state index < -0.39 is 0 Å². The van der Waals surface area contributed by atoms with Crippen LogP contribution in [0.15, 0.2) is 0 Å². The molecule has 0 unspecified atom stereocenters. The normalized spacial score (nSPS) is 8.91. The standard InChI is InChI=1S/C6H10O3S2/c1-2-8-5(7)3-4-9-6(10)11/h2-4H2,1H3,(H,10,11).